The highest BCUT2D eigenvalue weighted by molar-refractivity contribution is 6.32. The van der Waals surface area contributed by atoms with Crippen molar-refractivity contribution < 1.29 is 32.2 Å². The number of amides is 1. The molecule has 4 N–H and O–H groups in total. The predicted octanol–water partition coefficient (Wildman–Crippen LogP) is 4.73. The minimum Gasteiger partial charge on any atom is -0.474 e. The number of nitrogens with zero attached hydrogens (tertiary/aromatic N) is 2. The van der Waals surface area contributed by atoms with E-state index < -0.39 is 18.0 Å². The van der Waals surface area contributed by atoms with E-state index in [9.17, 15) is 18.0 Å². The maximum absolute atomic E-state index is 12.3. The van der Waals surface area contributed by atoms with Crippen molar-refractivity contribution in [1.29, 1.82) is 0 Å². The Hall–Kier alpha value is -3.61. The van der Waals surface area contributed by atoms with E-state index >= 15 is 0 Å². The van der Waals surface area contributed by atoms with Crippen LogP contribution in [0.1, 0.15) is 28.8 Å². The van der Waals surface area contributed by atoms with Crippen LogP contribution in [-0.2, 0) is 11.3 Å². The lowest BCUT2D eigenvalue weighted by Gasteiger charge is -2.12. The van der Waals surface area contributed by atoms with Crippen LogP contribution in [0.3, 0.4) is 0 Å². The first-order valence-electron chi connectivity index (χ1n) is 11.7. The number of carbonyl (C=O) groups excluding carboxylic acids is 1. The lowest BCUT2D eigenvalue weighted by atomic mass is 10.1. The number of fused-ring (bicyclic) bond motifs is 3. The number of pyridine rings is 1. The Bertz CT molecular complexity index is 1410. The van der Waals surface area contributed by atoms with Crippen molar-refractivity contribution in [3.8, 4) is 11.6 Å². The van der Waals surface area contributed by atoms with Crippen molar-refractivity contribution in [2.75, 3.05) is 26.4 Å². The van der Waals surface area contributed by atoms with Gasteiger partial charge in [0, 0.05) is 29.5 Å². The van der Waals surface area contributed by atoms with Crippen LogP contribution in [0.15, 0.2) is 42.6 Å². The van der Waals surface area contributed by atoms with Crippen LogP contribution in [-0.4, -0.2) is 53.8 Å². The third-order valence-electron chi connectivity index (χ3n) is 5.56. The molecule has 4 rings (SSSR count). The molecular formula is C25H25ClF3N5O4. The van der Waals surface area contributed by atoms with Gasteiger partial charge in [-0.2, -0.15) is 5.10 Å². The number of rotatable bonds is 13. The Morgan fingerprint density at radius 3 is 2.68 bits per heavy atom. The fraction of sp³-hybridized carbons (Fsp3) is 0.320. The molecule has 0 aliphatic heterocycles. The molecule has 202 valence electrons. The van der Waals surface area contributed by atoms with Gasteiger partial charge >= 0.3 is 6.36 Å². The fourth-order valence-corrected chi connectivity index (χ4v) is 4.02. The molecule has 9 nitrogen and oxygen atoms in total. The summed E-state index contributed by atoms with van der Waals surface area (Å²) in [6.45, 7) is 2.32. The van der Waals surface area contributed by atoms with Crippen molar-refractivity contribution in [3.05, 3.63) is 58.7 Å². The largest absolute Gasteiger partial charge is 0.573 e. The first kappa shape index (κ1) is 27.4. The topological polar surface area (TPSA) is 124 Å². The molecule has 0 aliphatic carbocycles. The summed E-state index contributed by atoms with van der Waals surface area (Å²) in [5, 5.41) is 11.7. The fourth-order valence-electron chi connectivity index (χ4n) is 3.78. The van der Waals surface area contributed by atoms with Gasteiger partial charge in [-0.3, -0.25) is 9.89 Å². The van der Waals surface area contributed by atoms with E-state index in [0.29, 0.717) is 48.8 Å². The highest BCUT2D eigenvalue weighted by Crippen LogP contribution is 2.31. The van der Waals surface area contributed by atoms with Gasteiger partial charge in [0.15, 0.2) is 0 Å². The first-order valence-corrected chi connectivity index (χ1v) is 12.1. The molecule has 0 bridgehead atoms. The van der Waals surface area contributed by atoms with Crippen molar-refractivity contribution in [3.63, 3.8) is 0 Å². The molecule has 0 fully saturated rings. The van der Waals surface area contributed by atoms with Gasteiger partial charge in [0.05, 0.1) is 23.3 Å². The van der Waals surface area contributed by atoms with Gasteiger partial charge in [0.25, 0.3) is 0 Å². The second kappa shape index (κ2) is 12.3. The summed E-state index contributed by atoms with van der Waals surface area (Å²) >= 11 is 5.86. The van der Waals surface area contributed by atoms with Gasteiger partial charge in [0.2, 0.25) is 11.8 Å². The number of halogens is 4. The van der Waals surface area contributed by atoms with E-state index in [1.165, 1.54) is 18.2 Å². The zero-order valence-electron chi connectivity index (χ0n) is 20.1. The minimum atomic E-state index is -4.78. The molecule has 0 saturated heterocycles. The number of aromatic nitrogens is 3. The second-order valence-electron chi connectivity index (χ2n) is 8.33. The Kier molecular flexibility index (Phi) is 8.87. The number of benzene rings is 2. The molecule has 2 heterocycles. The van der Waals surface area contributed by atoms with E-state index in [-0.39, 0.29) is 11.6 Å². The van der Waals surface area contributed by atoms with Gasteiger partial charge in [0.1, 0.15) is 17.9 Å². The minimum absolute atomic E-state index is 0.0974. The quantitative estimate of drug-likeness (QED) is 0.205. The maximum atomic E-state index is 12.3. The van der Waals surface area contributed by atoms with E-state index in [0.717, 1.165) is 29.2 Å². The number of primary amides is 1. The van der Waals surface area contributed by atoms with Crippen LogP contribution >= 0.6 is 11.6 Å². The van der Waals surface area contributed by atoms with Crippen molar-refractivity contribution in [2.24, 2.45) is 5.73 Å². The SMILES string of the molecule is NC(=O)c1ccc2c(c1)nc(OCCOCCCCNCc1ccc(OC(F)(F)F)c(Cl)c1)c1[nH]ncc12. The zero-order valence-corrected chi connectivity index (χ0v) is 20.9. The number of unbranched alkanes of at least 4 members (excludes halogenated alkanes) is 1. The van der Waals surface area contributed by atoms with E-state index in [2.05, 4.69) is 25.2 Å². The number of aromatic amines is 1. The maximum Gasteiger partial charge on any atom is 0.573 e. The summed E-state index contributed by atoms with van der Waals surface area (Å²) in [5.74, 6) is -0.603. The molecular weight excluding hydrogens is 527 g/mol. The van der Waals surface area contributed by atoms with Crippen LogP contribution in [0, 0.1) is 0 Å². The zero-order chi connectivity index (χ0) is 27.1. The van der Waals surface area contributed by atoms with Crippen molar-refractivity contribution in [2.45, 2.75) is 25.7 Å². The van der Waals surface area contributed by atoms with Crippen molar-refractivity contribution >= 4 is 39.3 Å². The van der Waals surface area contributed by atoms with E-state index in [1.54, 1.807) is 24.4 Å². The van der Waals surface area contributed by atoms with E-state index in [1.807, 2.05) is 0 Å². The van der Waals surface area contributed by atoms with Gasteiger partial charge in [-0.1, -0.05) is 23.7 Å². The third kappa shape index (κ3) is 7.24. The highest BCUT2D eigenvalue weighted by Gasteiger charge is 2.32. The molecule has 0 spiro atoms. The normalized spacial score (nSPS) is 11.8. The lowest BCUT2D eigenvalue weighted by molar-refractivity contribution is -0.274. The number of hydrogen-bond donors (Lipinski definition) is 3. The molecule has 2 aromatic carbocycles. The molecule has 13 heteroatoms. The van der Waals surface area contributed by atoms with Crippen LogP contribution in [0.2, 0.25) is 5.02 Å². The smallest absolute Gasteiger partial charge is 0.474 e. The molecule has 0 saturated carbocycles. The van der Waals surface area contributed by atoms with Crippen LogP contribution < -0.4 is 20.5 Å². The van der Waals surface area contributed by atoms with Gasteiger partial charge in [-0.25, -0.2) is 4.98 Å². The average molecular weight is 552 g/mol. The molecule has 4 aromatic rings. The number of ether oxygens (including phenoxy) is 3. The van der Waals surface area contributed by atoms with Crippen molar-refractivity contribution in [1.82, 2.24) is 20.5 Å². The number of carbonyl (C=O) groups is 1. The number of hydrogen-bond acceptors (Lipinski definition) is 7. The second-order valence-corrected chi connectivity index (χ2v) is 8.74. The monoisotopic (exact) mass is 551 g/mol. The molecule has 38 heavy (non-hydrogen) atoms. The molecule has 0 unspecified atom stereocenters. The van der Waals surface area contributed by atoms with Gasteiger partial charge in [-0.05, 0) is 49.2 Å². The number of nitrogens with one attached hydrogen (secondary N) is 2. The summed E-state index contributed by atoms with van der Waals surface area (Å²) in [7, 11) is 0. The summed E-state index contributed by atoms with van der Waals surface area (Å²) in [4.78, 5) is 16.0. The summed E-state index contributed by atoms with van der Waals surface area (Å²) in [5.41, 5.74) is 7.71. The number of H-pyrrole nitrogens is 1. The molecule has 0 atom stereocenters. The number of alkyl halides is 3. The Morgan fingerprint density at radius 1 is 1.08 bits per heavy atom. The standard InChI is InChI=1S/C25H25ClF3N5O4/c26-19-11-15(3-6-21(19)38-25(27,28)29)13-31-7-1-2-8-36-9-10-37-24-22-18(14-32-34-22)17-5-4-16(23(30)35)12-20(17)33-24/h3-6,11-12,14,31H,1-2,7-10,13H2,(H2,30,35)(H,32,34). The van der Waals surface area contributed by atoms with Crippen LogP contribution in [0.25, 0.3) is 21.8 Å². The average Bonchev–Trinajstić information content (AvgIpc) is 3.36. The summed E-state index contributed by atoms with van der Waals surface area (Å²) in [6, 6.07) is 9.21. The summed E-state index contributed by atoms with van der Waals surface area (Å²) < 4.78 is 52.2. The van der Waals surface area contributed by atoms with Crippen LogP contribution in [0.4, 0.5) is 13.2 Å². The first-order chi connectivity index (χ1) is 18.2. The Morgan fingerprint density at radius 2 is 1.92 bits per heavy atom. The molecule has 0 aliphatic rings. The number of nitrogens with two attached hydrogens (primary N) is 1. The van der Waals surface area contributed by atoms with E-state index in [4.69, 9.17) is 26.8 Å². The molecule has 1 amide bonds. The predicted molar refractivity (Wildman–Crippen MR) is 135 cm³/mol. The van der Waals surface area contributed by atoms with Gasteiger partial charge < -0.3 is 25.3 Å². The highest BCUT2D eigenvalue weighted by atomic mass is 35.5. The van der Waals surface area contributed by atoms with Crippen LogP contribution in [0.5, 0.6) is 11.6 Å². The Labute approximate surface area is 220 Å². The van der Waals surface area contributed by atoms with Gasteiger partial charge in [-0.15, -0.1) is 13.2 Å². The Balaban J connectivity index is 1.14. The molecule has 2 aromatic heterocycles. The third-order valence-corrected chi connectivity index (χ3v) is 5.85. The summed E-state index contributed by atoms with van der Waals surface area (Å²) in [6.07, 6.45) is -1.46. The molecule has 0 radical (unpaired) electrons. The lowest BCUT2D eigenvalue weighted by Crippen LogP contribution is -2.18.